The van der Waals surface area contributed by atoms with Gasteiger partial charge in [0.15, 0.2) is 0 Å². The first-order chi connectivity index (χ1) is 7.21. The van der Waals surface area contributed by atoms with Crippen LogP contribution in [-0.4, -0.2) is 63.6 Å². The monoisotopic (exact) mass is 475 g/mol. The SMILES string of the molecule is O.O.O.O.O.O.O=S([O-])(=S)OCCCCCCOS(=O)([O-])=S.[Co+2]. The fraction of sp³-hybridized carbons (Fsp3) is 1.00. The Morgan fingerprint density at radius 1 is 0.652 bits per heavy atom. The Balaban J connectivity index is -0.0000000536. The molecule has 0 aromatic heterocycles. The molecule has 0 amide bonds. The predicted octanol–water partition coefficient (Wildman–Crippen LogP) is -4.79. The van der Waals surface area contributed by atoms with E-state index in [-0.39, 0.29) is 62.8 Å². The van der Waals surface area contributed by atoms with Gasteiger partial charge in [-0.1, -0.05) is 12.8 Å². The standard InChI is InChI=1S/C6H14O6S4.Co.6H2O/c7-15(8,13)11-5-3-1-2-4-6-12-16(9,10)14;;;;;;;/h1-6H2,(H,7,8,13)(H,9,10,14);;6*1H2/q;+2;;;;;;/p-2. The Morgan fingerprint density at radius 2 is 0.870 bits per heavy atom. The molecule has 0 aromatic carbocycles. The molecular formula is C6H24CoO12S4. The van der Waals surface area contributed by atoms with Gasteiger partial charge in [0.05, 0.1) is 31.3 Å². The van der Waals surface area contributed by atoms with Gasteiger partial charge >= 0.3 is 16.8 Å². The van der Waals surface area contributed by atoms with Crippen molar-refractivity contribution in [2.75, 3.05) is 13.2 Å². The Kier molecular flexibility index (Phi) is 54.1. The summed E-state index contributed by atoms with van der Waals surface area (Å²) in [7, 11) is -7.55. The maximum Gasteiger partial charge on any atom is 2.00 e. The minimum atomic E-state index is -3.78. The molecule has 153 valence electrons. The van der Waals surface area contributed by atoms with Gasteiger partial charge in [-0.2, -0.15) is 0 Å². The summed E-state index contributed by atoms with van der Waals surface area (Å²) < 4.78 is 50.2. The number of hydrogen-bond acceptors (Lipinski definition) is 8. The molecule has 0 saturated carbocycles. The molecule has 2 atom stereocenters. The number of rotatable bonds is 9. The van der Waals surface area contributed by atoms with E-state index in [1.54, 1.807) is 0 Å². The second kappa shape index (κ2) is 25.1. The summed E-state index contributed by atoms with van der Waals surface area (Å²) in [5, 5.41) is 0. The first-order valence-corrected chi connectivity index (χ1v) is 9.08. The zero-order chi connectivity index (χ0) is 12.7. The van der Waals surface area contributed by atoms with E-state index in [2.05, 4.69) is 30.7 Å². The molecule has 0 spiro atoms. The van der Waals surface area contributed by atoms with Crippen LogP contribution < -0.4 is 0 Å². The largest absolute Gasteiger partial charge is 2.00 e. The summed E-state index contributed by atoms with van der Waals surface area (Å²) in [6.07, 6.45) is 2.48. The van der Waals surface area contributed by atoms with E-state index >= 15 is 0 Å². The Bertz CT molecular complexity index is 346. The van der Waals surface area contributed by atoms with Gasteiger partial charge in [-0.25, -0.2) is 8.42 Å². The summed E-state index contributed by atoms with van der Waals surface area (Å²) in [6, 6.07) is 0. The van der Waals surface area contributed by atoms with E-state index in [9.17, 15) is 17.5 Å². The van der Waals surface area contributed by atoms with Crippen molar-refractivity contribution in [3.05, 3.63) is 0 Å². The van der Waals surface area contributed by atoms with Crippen LogP contribution in [0.4, 0.5) is 0 Å². The molecule has 17 heteroatoms. The molecule has 0 aliphatic carbocycles. The van der Waals surface area contributed by atoms with Crippen LogP contribution in [0.2, 0.25) is 0 Å². The molecule has 0 saturated heterocycles. The van der Waals surface area contributed by atoms with Gasteiger partial charge in [0, 0.05) is 0 Å². The van der Waals surface area contributed by atoms with E-state index in [0.29, 0.717) is 25.7 Å². The molecular weight excluding hydrogens is 451 g/mol. The molecule has 0 aliphatic rings. The average Bonchev–Trinajstić information content (AvgIpc) is 2.06. The average molecular weight is 475 g/mol. The normalized spacial score (nSPS) is 13.1. The summed E-state index contributed by atoms with van der Waals surface area (Å²) >= 11 is 7.99. The summed E-state index contributed by atoms with van der Waals surface area (Å²) in [4.78, 5) is 0. The second-order valence-electron chi connectivity index (χ2n) is 2.87. The van der Waals surface area contributed by atoms with Crippen molar-refractivity contribution in [3.63, 3.8) is 0 Å². The summed E-state index contributed by atoms with van der Waals surface area (Å²) in [5.41, 5.74) is 0. The van der Waals surface area contributed by atoms with Crippen molar-refractivity contribution >= 4 is 40.5 Å². The Morgan fingerprint density at radius 3 is 1.04 bits per heavy atom. The van der Waals surface area contributed by atoms with Crippen molar-refractivity contribution in [1.29, 1.82) is 0 Å². The van der Waals surface area contributed by atoms with Crippen LogP contribution in [0, 0.1) is 0 Å². The molecule has 0 bridgehead atoms. The first kappa shape index (κ1) is 49.6. The van der Waals surface area contributed by atoms with Crippen molar-refractivity contribution in [3.8, 4) is 0 Å². The Hall–Kier alpha value is 0.846. The fourth-order valence-electron chi connectivity index (χ4n) is 0.880. The zero-order valence-corrected chi connectivity index (χ0v) is 16.0. The summed E-state index contributed by atoms with van der Waals surface area (Å²) in [6.45, 7) is 0.0953. The molecule has 12 N–H and O–H groups in total. The maximum atomic E-state index is 10.4. The van der Waals surface area contributed by atoms with Crippen molar-refractivity contribution in [1.82, 2.24) is 0 Å². The third kappa shape index (κ3) is 51.8. The van der Waals surface area contributed by atoms with Gasteiger partial charge in [0.2, 0.25) is 0 Å². The molecule has 0 aliphatic heterocycles. The van der Waals surface area contributed by atoms with E-state index in [4.69, 9.17) is 0 Å². The molecule has 0 fully saturated rings. The van der Waals surface area contributed by atoms with E-state index in [1.165, 1.54) is 0 Å². The van der Waals surface area contributed by atoms with Crippen LogP contribution >= 0.6 is 0 Å². The Labute approximate surface area is 154 Å². The van der Waals surface area contributed by atoms with Gasteiger partial charge < -0.3 is 42.0 Å². The van der Waals surface area contributed by atoms with Gasteiger partial charge in [0.25, 0.3) is 0 Å². The minimum Gasteiger partial charge on any atom is -0.748 e. The quantitative estimate of drug-likeness (QED) is 0.291. The van der Waals surface area contributed by atoms with Crippen LogP contribution in [0.5, 0.6) is 0 Å². The topological polar surface area (TPSA) is 288 Å². The van der Waals surface area contributed by atoms with Crippen molar-refractivity contribution in [2.24, 2.45) is 0 Å². The number of hydrogen-bond donors (Lipinski definition) is 0. The molecule has 0 rings (SSSR count). The van der Waals surface area contributed by atoms with Crippen molar-refractivity contribution < 1.29 is 75.5 Å². The zero-order valence-electron chi connectivity index (χ0n) is 11.7. The molecule has 2 unspecified atom stereocenters. The van der Waals surface area contributed by atoms with E-state index in [1.807, 2.05) is 0 Å². The van der Waals surface area contributed by atoms with Crippen LogP contribution in [0.1, 0.15) is 25.7 Å². The molecule has 0 heterocycles. The molecule has 1 radical (unpaired) electrons. The van der Waals surface area contributed by atoms with Crippen LogP contribution in [0.25, 0.3) is 0 Å². The molecule has 0 aromatic rings. The minimum absolute atomic E-state index is 0. The van der Waals surface area contributed by atoms with Crippen LogP contribution in [0.15, 0.2) is 0 Å². The third-order valence-corrected chi connectivity index (χ3v) is 2.98. The molecule has 23 heavy (non-hydrogen) atoms. The van der Waals surface area contributed by atoms with Crippen LogP contribution in [-0.2, 0) is 65.6 Å². The number of unbranched alkanes of at least 4 members (excludes halogenated alkanes) is 3. The van der Waals surface area contributed by atoms with Gasteiger partial charge in [-0.05, 0) is 35.2 Å². The van der Waals surface area contributed by atoms with Gasteiger partial charge in [-0.3, -0.25) is 8.37 Å². The maximum absolute atomic E-state index is 10.4. The summed E-state index contributed by atoms with van der Waals surface area (Å²) in [5.74, 6) is 0. The fourth-order valence-corrected chi connectivity index (χ4v) is 1.93. The van der Waals surface area contributed by atoms with Gasteiger partial charge in [0.1, 0.15) is 0 Å². The third-order valence-electron chi connectivity index (χ3n) is 1.49. The van der Waals surface area contributed by atoms with E-state index < -0.39 is 18.1 Å². The molecule has 12 nitrogen and oxygen atoms in total. The predicted molar refractivity (Wildman–Crippen MR) is 84.6 cm³/mol. The van der Waals surface area contributed by atoms with Crippen molar-refractivity contribution in [2.45, 2.75) is 25.7 Å². The van der Waals surface area contributed by atoms with Gasteiger partial charge in [-0.15, -0.1) is 0 Å². The van der Waals surface area contributed by atoms with E-state index in [0.717, 1.165) is 0 Å². The smallest absolute Gasteiger partial charge is 0.748 e. The van der Waals surface area contributed by atoms with Crippen LogP contribution in [0.3, 0.4) is 0 Å². The first-order valence-electron chi connectivity index (χ1n) is 4.41. The second-order valence-corrected chi connectivity index (χ2v) is 7.43.